The molecule has 0 atom stereocenters. The monoisotopic (exact) mass is 283 g/mol. The Bertz CT molecular complexity index is 420. The average Bonchev–Trinajstić information content (AvgIpc) is 2.42. The molecule has 104 valence electrons. The van der Waals surface area contributed by atoms with Crippen LogP contribution < -0.4 is 16.4 Å². The lowest BCUT2D eigenvalue weighted by atomic mass is 10.1. The fourth-order valence-corrected chi connectivity index (χ4v) is 1.61. The molecule has 0 unspecified atom stereocenters. The van der Waals surface area contributed by atoms with Crippen molar-refractivity contribution >= 4 is 23.4 Å². The number of carbonyl (C=O) groups excluding carboxylic acids is 2. The van der Waals surface area contributed by atoms with Gasteiger partial charge in [0.05, 0.1) is 13.1 Å². The van der Waals surface area contributed by atoms with E-state index in [0.717, 1.165) is 12.8 Å². The van der Waals surface area contributed by atoms with Crippen LogP contribution in [0.15, 0.2) is 24.3 Å². The molecular formula is C13H18ClN3O2. The second kappa shape index (κ2) is 8.50. The van der Waals surface area contributed by atoms with Crippen LogP contribution in [-0.2, 0) is 16.0 Å². The van der Waals surface area contributed by atoms with Gasteiger partial charge >= 0.3 is 0 Å². The largest absolute Gasteiger partial charge is 0.355 e. The third-order valence-electron chi connectivity index (χ3n) is 2.51. The first-order valence-corrected chi connectivity index (χ1v) is 6.47. The normalized spacial score (nSPS) is 10.0. The third-order valence-corrected chi connectivity index (χ3v) is 2.76. The van der Waals surface area contributed by atoms with E-state index in [1.807, 2.05) is 24.3 Å². The van der Waals surface area contributed by atoms with Crippen molar-refractivity contribution in [1.82, 2.24) is 10.6 Å². The summed E-state index contributed by atoms with van der Waals surface area (Å²) in [6.07, 6.45) is 1.70. The molecule has 0 heterocycles. The molecule has 0 saturated heterocycles. The second-order valence-corrected chi connectivity index (χ2v) is 4.50. The fourth-order valence-electron chi connectivity index (χ4n) is 1.48. The molecule has 0 aliphatic rings. The standard InChI is InChI=1S/C13H18ClN3O2/c14-11-5-3-10(4-6-11)2-1-7-16-13(19)9-17-12(18)8-15/h3-6H,1-2,7-9,15H2,(H,16,19)(H,17,18). The minimum absolute atomic E-state index is 0.0308. The highest BCUT2D eigenvalue weighted by Crippen LogP contribution is 2.10. The Morgan fingerprint density at radius 2 is 1.79 bits per heavy atom. The quantitative estimate of drug-likeness (QED) is 0.636. The fraction of sp³-hybridized carbons (Fsp3) is 0.385. The smallest absolute Gasteiger partial charge is 0.239 e. The van der Waals surface area contributed by atoms with Crippen LogP contribution in [0.5, 0.6) is 0 Å². The molecule has 19 heavy (non-hydrogen) atoms. The molecule has 0 radical (unpaired) electrons. The molecule has 5 nitrogen and oxygen atoms in total. The lowest BCUT2D eigenvalue weighted by Gasteiger charge is -2.06. The lowest BCUT2D eigenvalue weighted by molar-refractivity contribution is -0.125. The number of halogens is 1. The van der Waals surface area contributed by atoms with Crippen LogP contribution in [0.25, 0.3) is 0 Å². The minimum Gasteiger partial charge on any atom is -0.355 e. The second-order valence-electron chi connectivity index (χ2n) is 4.06. The molecule has 0 bridgehead atoms. The van der Waals surface area contributed by atoms with E-state index in [2.05, 4.69) is 10.6 Å². The molecule has 0 fully saturated rings. The van der Waals surface area contributed by atoms with Crippen molar-refractivity contribution in [2.24, 2.45) is 5.73 Å². The molecular weight excluding hydrogens is 266 g/mol. The van der Waals surface area contributed by atoms with E-state index >= 15 is 0 Å². The Morgan fingerprint density at radius 3 is 2.42 bits per heavy atom. The Labute approximate surface area is 117 Å². The molecule has 2 amide bonds. The van der Waals surface area contributed by atoms with Gasteiger partial charge in [-0.2, -0.15) is 0 Å². The predicted octanol–water partition coefficient (Wildman–Crippen LogP) is 0.464. The van der Waals surface area contributed by atoms with Crippen LogP contribution in [-0.4, -0.2) is 31.4 Å². The first-order valence-electron chi connectivity index (χ1n) is 6.09. The summed E-state index contributed by atoms with van der Waals surface area (Å²) in [4.78, 5) is 22.2. The Balaban J connectivity index is 2.11. The van der Waals surface area contributed by atoms with Crippen molar-refractivity contribution in [3.05, 3.63) is 34.9 Å². The van der Waals surface area contributed by atoms with E-state index in [-0.39, 0.29) is 24.9 Å². The van der Waals surface area contributed by atoms with Gasteiger partial charge in [0.2, 0.25) is 11.8 Å². The first-order chi connectivity index (χ1) is 9.11. The lowest BCUT2D eigenvalue weighted by Crippen LogP contribution is -2.39. The zero-order chi connectivity index (χ0) is 14.1. The summed E-state index contributed by atoms with van der Waals surface area (Å²) in [7, 11) is 0. The summed E-state index contributed by atoms with van der Waals surface area (Å²) in [5.74, 6) is -0.547. The van der Waals surface area contributed by atoms with Gasteiger partial charge < -0.3 is 16.4 Å². The van der Waals surface area contributed by atoms with Crippen molar-refractivity contribution in [2.75, 3.05) is 19.6 Å². The Hall–Kier alpha value is -1.59. The number of rotatable bonds is 7. The summed E-state index contributed by atoms with van der Waals surface area (Å²) in [5.41, 5.74) is 6.28. The molecule has 0 saturated carbocycles. The Kier molecular flexibility index (Phi) is 6.92. The van der Waals surface area contributed by atoms with Crippen LogP contribution >= 0.6 is 11.6 Å². The van der Waals surface area contributed by atoms with Crippen LogP contribution in [0.3, 0.4) is 0 Å². The van der Waals surface area contributed by atoms with Crippen molar-refractivity contribution < 1.29 is 9.59 Å². The van der Waals surface area contributed by atoms with E-state index < -0.39 is 0 Å². The number of amides is 2. The molecule has 6 heteroatoms. The van der Waals surface area contributed by atoms with E-state index in [9.17, 15) is 9.59 Å². The number of benzene rings is 1. The van der Waals surface area contributed by atoms with Crippen molar-refractivity contribution in [2.45, 2.75) is 12.8 Å². The molecule has 1 aromatic carbocycles. The first kappa shape index (κ1) is 15.5. The maximum absolute atomic E-state index is 11.3. The highest BCUT2D eigenvalue weighted by Gasteiger charge is 2.02. The van der Waals surface area contributed by atoms with Gasteiger partial charge in [-0.25, -0.2) is 0 Å². The third kappa shape index (κ3) is 6.79. The summed E-state index contributed by atoms with van der Waals surface area (Å²) >= 11 is 5.79. The van der Waals surface area contributed by atoms with Crippen LogP contribution in [0, 0.1) is 0 Å². The molecule has 0 spiro atoms. The number of nitrogens with two attached hydrogens (primary N) is 1. The number of hydrogen-bond donors (Lipinski definition) is 3. The van der Waals surface area contributed by atoms with E-state index in [0.29, 0.717) is 11.6 Å². The van der Waals surface area contributed by atoms with Crippen LogP contribution in [0.2, 0.25) is 5.02 Å². The highest BCUT2D eigenvalue weighted by atomic mass is 35.5. The molecule has 0 aliphatic heterocycles. The highest BCUT2D eigenvalue weighted by molar-refractivity contribution is 6.30. The van der Waals surface area contributed by atoms with Crippen molar-refractivity contribution in [3.63, 3.8) is 0 Å². The summed E-state index contributed by atoms with van der Waals surface area (Å²) in [6.45, 7) is 0.431. The molecule has 4 N–H and O–H groups in total. The van der Waals surface area contributed by atoms with Crippen LogP contribution in [0.1, 0.15) is 12.0 Å². The molecule has 0 aliphatic carbocycles. The van der Waals surface area contributed by atoms with Gasteiger partial charge in [0.25, 0.3) is 0 Å². The van der Waals surface area contributed by atoms with Gasteiger partial charge in [0, 0.05) is 11.6 Å². The van der Waals surface area contributed by atoms with Gasteiger partial charge in [0.15, 0.2) is 0 Å². The summed E-state index contributed by atoms with van der Waals surface area (Å²) < 4.78 is 0. The maximum atomic E-state index is 11.3. The predicted molar refractivity (Wildman–Crippen MR) is 74.8 cm³/mol. The SMILES string of the molecule is NCC(=O)NCC(=O)NCCCc1ccc(Cl)cc1. The number of carbonyl (C=O) groups is 2. The van der Waals surface area contributed by atoms with Crippen LogP contribution in [0.4, 0.5) is 0 Å². The minimum atomic E-state index is -0.337. The van der Waals surface area contributed by atoms with Crippen molar-refractivity contribution in [3.8, 4) is 0 Å². The van der Waals surface area contributed by atoms with Gasteiger partial charge in [-0.15, -0.1) is 0 Å². The number of aryl methyl sites for hydroxylation is 1. The Morgan fingerprint density at radius 1 is 1.11 bits per heavy atom. The summed E-state index contributed by atoms with van der Waals surface area (Å²) in [5, 5.41) is 5.84. The number of hydrogen-bond acceptors (Lipinski definition) is 3. The zero-order valence-corrected chi connectivity index (χ0v) is 11.4. The maximum Gasteiger partial charge on any atom is 0.239 e. The molecule has 0 aromatic heterocycles. The number of nitrogens with one attached hydrogen (secondary N) is 2. The van der Waals surface area contributed by atoms with E-state index in [4.69, 9.17) is 17.3 Å². The average molecular weight is 284 g/mol. The topological polar surface area (TPSA) is 84.2 Å². The van der Waals surface area contributed by atoms with Gasteiger partial charge in [-0.1, -0.05) is 23.7 Å². The summed E-state index contributed by atoms with van der Waals surface area (Å²) in [6, 6.07) is 7.62. The van der Waals surface area contributed by atoms with E-state index in [1.165, 1.54) is 5.56 Å². The van der Waals surface area contributed by atoms with Gasteiger partial charge in [-0.05, 0) is 30.5 Å². The van der Waals surface area contributed by atoms with Gasteiger partial charge in [-0.3, -0.25) is 9.59 Å². The molecule has 1 rings (SSSR count). The zero-order valence-electron chi connectivity index (χ0n) is 10.6. The van der Waals surface area contributed by atoms with E-state index in [1.54, 1.807) is 0 Å². The van der Waals surface area contributed by atoms with Gasteiger partial charge in [0.1, 0.15) is 0 Å². The molecule has 1 aromatic rings. The van der Waals surface area contributed by atoms with Crippen molar-refractivity contribution in [1.29, 1.82) is 0 Å².